The third-order valence-corrected chi connectivity index (χ3v) is 5.03. The van der Waals surface area contributed by atoms with E-state index in [0.717, 1.165) is 5.57 Å². The first kappa shape index (κ1) is 13.7. The summed E-state index contributed by atoms with van der Waals surface area (Å²) in [5.74, 6) is -1.13. The number of amides is 2. The van der Waals surface area contributed by atoms with E-state index < -0.39 is 12.0 Å². The lowest BCUT2D eigenvalue weighted by Crippen LogP contribution is -2.70. The first-order valence-electron chi connectivity index (χ1n) is 5.20. The van der Waals surface area contributed by atoms with Crippen LogP contribution in [0, 0.1) is 0 Å². The molecule has 0 aromatic heterocycles. The van der Waals surface area contributed by atoms with Crippen LogP contribution >= 0.6 is 34.4 Å². The van der Waals surface area contributed by atoms with Crippen LogP contribution in [0.25, 0.3) is 0 Å². The number of hydrogen-bond donors (Lipinski definition) is 2. The van der Waals surface area contributed by atoms with Gasteiger partial charge >= 0.3 is 5.97 Å². The summed E-state index contributed by atoms with van der Waals surface area (Å²) >= 11 is 3.57. The van der Waals surface area contributed by atoms with Crippen molar-refractivity contribution in [2.45, 2.75) is 18.3 Å². The molecular formula is C10H11IN2O4S. The smallest absolute Gasteiger partial charge is 0.352 e. The molecule has 2 unspecified atom stereocenters. The highest BCUT2D eigenvalue weighted by atomic mass is 127. The summed E-state index contributed by atoms with van der Waals surface area (Å²) in [6.45, 7) is 1.34. The predicted molar refractivity (Wildman–Crippen MR) is 74.2 cm³/mol. The predicted octanol–water partition coefficient (Wildman–Crippen LogP) is 0.180. The van der Waals surface area contributed by atoms with Crippen LogP contribution in [0.3, 0.4) is 0 Å². The Morgan fingerprint density at radius 2 is 2.28 bits per heavy atom. The molecule has 2 atom stereocenters. The lowest BCUT2D eigenvalue weighted by atomic mass is 10.0. The van der Waals surface area contributed by atoms with E-state index in [-0.39, 0.29) is 22.9 Å². The van der Waals surface area contributed by atoms with Crippen LogP contribution in [0.5, 0.6) is 0 Å². The standard InChI is InChI=1S/C10H11IN2O4S/c1-4(14)12-6-8(15)13-7(10(16)17)5(2-11)3-18-9(6)13/h6,9H,2-3H2,1H3,(H,12,14)(H,16,17). The number of carbonyl (C=O) groups is 3. The molecular weight excluding hydrogens is 371 g/mol. The molecule has 1 fully saturated rings. The second-order valence-corrected chi connectivity index (χ2v) is 5.85. The zero-order chi connectivity index (χ0) is 13.4. The summed E-state index contributed by atoms with van der Waals surface area (Å²) in [5, 5.41) is 11.5. The molecule has 2 rings (SSSR count). The Kier molecular flexibility index (Phi) is 3.85. The molecule has 0 radical (unpaired) electrons. The number of carboxylic acids is 1. The minimum atomic E-state index is -1.08. The third-order valence-electron chi connectivity index (χ3n) is 2.77. The molecule has 2 N–H and O–H groups in total. The average molecular weight is 382 g/mol. The van der Waals surface area contributed by atoms with Crippen molar-refractivity contribution < 1.29 is 19.5 Å². The van der Waals surface area contributed by atoms with Gasteiger partial charge in [0.15, 0.2) is 0 Å². The fourth-order valence-electron chi connectivity index (χ4n) is 2.01. The Bertz CT molecular complexity index is 465. The van der Waals surface area contributed by atoms with Gasteiger partial charge in [-0.05, 0) is 5.57 Å². The molecule has 2 heterocycles. The molecule has 0 spiro atoms. The van der Waals surface area contributed by atoms with E-state index in [4.69, 9.17) is 0 Å². The maximum absolute atomic E-state index is 11.9. The van der Waals surface area contributed by atoms with Crippen LogP contribution in [0.15, 0.2) is 11.3 Å². The van der Waals surface area contributed by atoms with Gasteiger partial charge in [0.2, 0.25) is 5.91 Å². The van der Waals surface area contributed by atoms with Gasteiger partial charge in [-0.3, -0.25) is 14.5 Å². The summed E-state index contributed by atoms with van der Waals surface area (Å²) in [7, 11) is 0. The van der Waals surface area contributed by atoms with Gasteiger partial charge in [-0.15, -0.1) is 11.8 Å². The molecule has 2 aliphatic heterocycles. The highest BCUT2D eigenvalue weighted by Gasteiger charge is 2.53. The maximum atomic E-state index is 11.9. The van der Waals surface area contributed by atoms with Gasteiger partial charge in [-0.25, -0.2) is 4.79 Å². The van der Waals surface area contributed by atoms with E-state index in [1.54, 1.807) is 0 Å². The monoisotopic (exact) mass is 382 g/mol. The molecule has 0 saturated carbocycles. The number of carboxylic acid groups (broad SMARTS) is 1. The zero-order valence-electron chi connectivity index (χ0n) is 9.47. The molecule has 2 aliphatic rings. The number of β-lactam (4-membered cyclic amide) rings is 1. The quantitative estimate of drug-likeness (QED) is 0.413. The van der Waals surface area contributed by atoms with Crippen molar-refractivity contribution in [1.82, 2.24) is 10.2 Å². The minimum Gasteiger partial charge on any atom is -0.477 e. The molecule has 2 amide bonds. The molecule has 0 aromatic carbocycles. The first-order valence-corrected chi connectivity index (χ1v) is 7.78. The van der Waals surface area contributed by atoms with Crippen LogP contribution in [0.4, 0.5) is 0 Å². The Balaban J connectivity index is 2.26. The van der Waals surface area contributed by atoms with E-state index in [1.807, 2.05) is 0 Å². The lowest BCUT2D eigenvalue weighted by molar-refractivity contribution is -0.150. The summed E-state index contributed by atoms with van der Waals surface area (Å²) in [6, 6.07) is -0.599. The highest BCUT2D eigenvalue weighted by Crippen LogP contribution is 2.40. The van der Waals surface area contributed by atoms with Crippen molar-refractivity contribution in [2.24, 2.45) is 0 Å². The average Bonchev–Trinajstić information content (AvgIpc) is 2.33. The Hall–Kier alpha value is -0.770. The third kappa shape index (κ3) is 2.11. The SMILES string of the molecule is CC(=O)NC1C(=O)N2C(C(=O)O)=C(CI)CSC12. The highest BCUT2D eigenvalue weighted by molar-refractivity contribution is 14.1. The zero-order valence-corrected chi connectivity index (χ0v) is 12.4. The Morgan fingerprint density at radius 3 is 2.78 bits per heavy atom. The van der Waals surface area contributed by atoms with Crippen molar-refractivity contribution in [3.05, 3.63) is 11.3 Å². The van der Waals surface area contributed by atoms with Gasteiger partial charge in [0.1, 0.15) is 17.1 Å². The Labute approximate surface area is 121 Å². The fraction of sp³-hybridized carbons (Fsp3) is 0.500. The number of hydrogen-bond acceptors (Lipinski definition) is 4. The second-order valence-electron chi connectivity index (χ2n) is 3.98. The number of halogens is 1. The molecule has 18 heavy (non-hydrogen) atoms. The van der Waals surface area contributed by atoms with Crippen molar-refractivity contribution in [1.29, 1.82) is 0 Å². The number of fused-ring (bicyclic) bond motifs is 1. The molecule has 1 saturated heterocycles. The molecule has 0 bridgehead atoms. The molecule has 0 aromatic rings. The summed E-state index contributed by atoms with van der Waals surface area (Å²) < 4.78 is 0.577. The van der Waals surface area contributed by atoms with E-state index in [2.05, 4.69) is 27.9 Å². The van der Waals surface area contributed by atoms with Gasteiger partial charge in [-0.2, -0.15) is 0 Å². The van der Waals surface area contributed by atoms with E-state index >= 15 is 0 Å². The molecule has 98 valence electrons. The molecule has 6 nitrogen and oxygen atoms in total. The first-order chi connectivity index (χ1) is 8.47. The van der Waals surface area contributed by atoms with E-state index in [1.165, 1.54) is 23.6 Å². The van der Waals surface area contributed by atoms with Gasteiger partial charge in [0.05, 0.1) is 0 Å². The second kappa shape index (κ2) is 5.08. The number of rotatable bonds is 3. The van der Waals surface area contributed by atoms with E-state index in [9.17, 15) is 19.5 Å². The number of carbonyl (C=O) groups excluding carboxylic acids is 2. The van der Waals surface area contributed by atoms with Gasteiger partial charge < -0.3 is 10.4 Å². The topological polar surface area (TPSA) is 86.7 Å². The number of nitrogens with one attached hydrogen (secondary N) is 1. The van der Waals surface area contributed by atoms with Crippen LogP contribution in [-0.2, 0) is 14.4 Å². The maximum Gasteiger partial charge on any atom is 0.352 e. The summed E-state index contributed by atoms with van der Waals surface area (Å²) in [4.78, 5) is 35.4. The normalized spacial score (nSPS) is 26.6. The van der Waals surface area contributed by atoms with Crippen LogP contribution in [-0.4, -0.2) is 49.4 Å². The van der Waals surface area contributed by atoms with Crippen molar-refractivity contribution in [3.63, 3.8) is 0 Å². The largest absolute Gasteiger partial charge is 0.477 e. The van der Waals surface area contributed by atoms with E-state index in [0.29, 0.717) is 10.2 Å². The number of nitrogens with zero attached hydrogens (tertiary/aromatic N) is 1. The van der Waals surface area contributed by atoms with Crippen molar-refractivity contribution in [2.75, 3.05) is 10.2 Å². The van der Waals surface area contributed by atoms with Gasteiger partial charge in [0, 0.05) is 17.1 Å². The number of alkyl halides is 1. The minimum absolute atomic E-state index is 0.0831. The summed E-state index contributed by atoms with van der Waals surface area (Å²) in [5.41, 5.74) is 0.832. The lowest BCUT2D eigenvalue weighted by Gasteiger charge is -2.49. The van der Waals surface area contributed by atoms with Crippen LogP contribution in [0.1, 0.15) is 6.92 Å². The van der Waals surface area contributed by atoms with Crippen molar-refractivity contribution in [3.8, 4) is 0 Å². The van der Waals surface area contributed by atoms with Crippen molar-refractivity contribution >= 4 is 52.1 Å². The fourth-order valence-corrected chi connectivity index (χ4v) is 4.35. The Morgan fingerprint density at radius 1 is 1.61 bits per heavy atom. The molecule has 8 heteroatoms. The number of aliphatic carboxylic acids is 1. The van der Waals surface area contributed by atoms with Crippen LogP contribution in [0.2, 0.25) is 0 Å². The summed E-state index contributed by atoms with van der Waals surface area (Å²) in [6.07, 6.45) is 0. The van der Waals surface area contributed by atoms with Gasteiger partial charge in [-0.1, -0.05) is 22.6 Å². The van der Waals surface area contributed by atoms with Crippen LogP contribution < -0.4 is 5.32 Å². The number of thioether (sulfide) groups is 1. The molecule has 0 aliphatic carbocycles. The van der Waals surface area contributed by atoms with Gasteiger partial charge in [0.25, 0.3) is 5.91 Å².